The molecule has 0 spiro atoms. The van der Waals surface area contributed by atoms with Gasteiger partial charge in [0.25, 0.3) is 0 Å². The topological polar surface area (TPSA) is 89.9 Å². The smallest absolute Gasteiger partial charge is 0.333 e. The molecular formula is C15H12Cl6O6. The van der Waals surface area contributed by atoms with Crippen LogP contribution in [-0.4, -0.2) is 50.3 Å². The zero-order chi connectivity index (χ0) is 20.9. The Balaban J connectivity index is 2.28. The van der Waals surface area contributed by atoms with Gasteiger partial charge < -0.3 is 14.6 Å². The third kappa shape index (κ3) is 3.04. The third-order valence-electron chi connectivity index (χ3n) is 4.37. The first kappa shape index (κ1) is 22.9. The van der Waals surface area contributed by atoms with Gasteiger partial charge >= 0.3 is 17.9 Å². The molecule has 1 saturated carbocycles. The summed E-state index contributed by atoms with van der Waals surface area (Å²) in [6.45, 7) is 4.16. The highest BCUT2D eigenvalue weighted by Crippen LogP contribution is 2.76. The number of ether oxygens (including phenoxy) is 2. The van der Waals surface area contributed by atoms with Crippen LogP contribution >= 0.6 is 69.6 Å². The van der Waals surface area contributed by atoms with E-state index in [1.165, 1.54) is 6.92 Å². The molecule has 150 valence electrons. The number of halogens is 6. The largest absolute Gasteiger partial charge is 0.481 e. The summed E-state index contributed by atoms with van der Waals surface area (Å²) < 4.78 is 7.55. The first-order chi connectivity index (χ1) is 12.3. The molecule has 2 aliphatic carbocycles. The van der Waals surface area contributed by atoms with E-state index in [1.54, 1.807) is 0 Å². The van der Waals surface area contributed by atoms with Crippen molar-refractivity contribution in [1.29, 1.82) is 0 Å². The molecule has 2 aliphatic rings. The number of hydrogen-bond donors (Lipinski definition) is 1. The lowest BCUT2D eigenvalue weighted by Crippen LogP contribution is -2.46. The minimum absolute atomic E-state index is 0.157. The summed E-state index contributed by atoms with van der Waals surface area (Å²) >= 11 is 37.5. The molecule has 0 aromatic rings. The van der Waals surface area contributed by atoms with Crippen LogP contribution in [0, 0.1) is 11.8 Å². The fraction of sp³-hybridized carbons (Fsp3) is 0.533. The number of hydrogen-bond acceptors (Lipinski definition) is 5. The first-order valence-corrected chi connectivity index (χ1v) is 9.56. The van der Waals surface area contributed by atoms with E-state index in [0.717, 1.165) is 0 Å². The molecule has 0 heterocycles. The quantitative estimate of drug-likeness (QED) is 0.258. The van der Waals surface area contributed by atoms with Crippen LogP contribution in [0.4, 0.5) is 0 Å². The Hall–Kier alpha value is -0.370. The molecule has 0 amide bonds. The van der Waals surface area contributed by atoms with Crippen LogP contribution in [0.15, 0.2) is 22.2 Å². The second-order valence-electron chi connectivity index (χ2n) is 6.00. The monoisotopic (exact) mass is 498 g/mol. The van der Waals surface area contributed by atoms with Crippen LogP contribution in [0.5, 0.6) is 0 Å². The number of carboxylic acid groups (broad SMARTS) is 1. The molecule has 27 heavy (non-hydrogen) atoms. The van der Waals surface area contributed by atoms with E-state index in [1.807, 2.05) is 0 Å². The highest BCUT2D eigenvalue weighted by Gasteiger charge is 2.85. The third-order valence-corrected chi connectivity index (χ3v) is 8.62. The molecule has 12 heteroatoms. The second-order valence-corrected chi connectivity index (χ2v) is 9.28. The van der Waals surface area contributed by atoms with E-state index < -0.39 is 43.8 Å². The van der Waals surface area contributed by atoms with Crippen molar-refractivity contribution in [2.45, 2.75) is 21.0 Å². The van der Waals surface area contributed by atoms with Gasteiger partial charge in [-0.2, -0.15) is 0 Å². The summed E-state index contributed by atoms with van der Waals surface area (Å²) in [7, 11) is 0. The summed E-state index contributed by atoms with van der Waals surface area (Å²) in [5.41, 5.74) is 0.157. The van der Waals surface area contributed by atoms with E-state index in [4.69, 9.17) is 79.1 Å². The average Bonchev–Trinajstić information content (AvgIpc) is 2.78. The van der Waals surface area contributed by atoms with Gasteiger partial charge in [0.05, 0.1) is 21.9 Å². The van der Waals surface area contributed by atoms with Crippen LogP contribution in [0.2, 0.25) is 0 Å². The van der Waals surface area contributed by atoms with E-state index in [2.05, 4.69) is 6.58 Å². The fourth-order valence-electron chi connectivity index (χ4n) is 3.08. The van der Waals surface area contributed by atoms with Crippen molar-refractivity contribution in [2.24, 2.45) is 11.8 Å². The predicted molar refractivity (Wildman–Crippen MR) is 102 cm³/mol. The Bertz CT molecular complexity index is 764. The molecule has 1 N–H and O–H groups in total. The molecule has 0 aromatic carbocycles. The number of allylic oxidation sites excluding steroid dienone is 2. The Morgan fingerprint density at radius 2 is 1.44 bits per heavy atom. The van der Waals surface area contributed by atoms with Gasteiger partial charge in [-0.3, -0.25) is 9.59 Å². The number of aliphatic carboxylic acids is 1. The van der Waals surface area contributed by atoms with Gasteiger partial charge in [0, 0.05) is 5.57 Å². The lowest BCUT2D eigenvalue weighted by Gasteiger charge is -2.32. The highest BCUT2D eigenvalue weighted by molar-refractivity contribution is 6.66. The number of carbonyl (C=O) groups excluding carboxylic acids is 2. The average molecular weight is 501 g/mol. The summed E-state index contributed by atoms with van der Waals surface area (Å²) in [5, 5.41) is 8.92. The predicted octanol–water partition coefficient (Wildman–Crippen LogP) is 3.81. The molecular weight excluding hydrogens is 489 g/mol. The van der Waals surface area contributed by atoms with Crippen molar-refractivity contribution in [2.75, 3.05) is 13.2 Å². The van der Waals surface area contributed by atoms with Gasteiger partial charge in [-0.15, -0.1) is 23.2 Å². The molecule has 2 bridgehead atoms. The van der Waals surface area contributed by atoms with Crippen LogP contribution < -0.4 is 0 Å². The summed E-state index contributed by atoms with van der Waals surface area (Å²) in [5.74, 6) is -6.64. The molecule has 0 aromatic heterocycles. The molecule has 0 saturated heterocycles. The van der Waals surface area contributed by atoms with E-state index in [0.29, 0.717) is 0 Å². The Morgan fingerprint density at radius 3 is 1.89 bits per heavy atom. The number of carboxylic acids is 1. The maximum atomic E-state index is 12.6. The number of fused-ring (bicyclic) bond motifs is 2. The minimum atomic E-state index is -2.21. The molecule has 4 atom stereocenters. The van der Waals surface area contributed by atoms with Gasteiger partial charge in [-0.1, -0.05) is 53.0 Å². The van der Waals surface area contributed by atoms with Gasteiger partial charge in [-0.05, 0) is 6.92 Å². The maximum absolute atomic E-state index is 12.6. The van der Waals surface area contributed by atoms with Crippen molar-refractivity contribution in [1.82, 2.24) is 0 Å². The number of carbonyl (C=O) groups is 3. The minimum Gasteiger partial charge on any atom is -0.481 e. The molecule has 4 unspecified atom stereocenters. The van der Waals surface area contributed by atoms with Crippen molar-refractivity contribution in [3.63, 3.8) is 0 Å². The van der Waals surface area contributed by atoms with Crippen LogP contribution in [0.25, 0.3) is 0 Å². The fourth-order valence-corrected chi connectivity index (χ4v) is 6.01. The van der Waals surface area contributed by atoms with Crippen LogP contribution in [0.1, 0.15) is 6.92 Å². The summed E-state index contributed by atoms with van der Waals surface area (Å²) in [6.07, 6.45) is 0. The lowest BCUT2D eigenvalue weighted by atomic mass is 9.82. The maximum Gasteiger partial charge on any atom is 0.333 e. The number of esters is 2. The summed E-state index contributed by atoms with van der Waals surface area (Å²) in [4.78, 5) is 31.4. The van der Waals surface area contributed by atoms with Crippen molar-refractivity contribution < 1.29 is 29.0 Å². The Kier molecular flexibility index (Phi) is 6.34. The zero-order valence-electron chi connectivity index (χ0n) is 13.5. The van der Waals surface area contributed by atoms with Gasteiger partial charge in [0.1, 0.15) is 23.0 Å². The molecule has 2 rings (SSSR count). The van der Waals surface area contributed by atoms with E-state index in [9.17, 15) is 19.5 Å². The molecule has 6 nitrogen and oxygen atoms in total. The van der Waals surface area contributed by atoms with Crippen LogP contribution in [0.3, 0.4) is 0 Å². The zero-order valence-corrected chi connectivity index (χ0v) is 18.1. The normalized spacial score (nSPS) is 33.7. The first-order valence-electron chi connectivity index (χ1n) is 7.30. The number of rotatable bonds is 6. The highest BCUT2D eigenvalue weighted by atomic mass is 35.5. The second kappa shape index (κ2) is 7.47. The van der Waals surface area contributed by atoms with Gasteiger partial charge in [-0.25, -0.2) is 4.79 Å². The van der Waals surface area contributed by atoms with Crippen LogP contribution in [-0.2, 0) is 23.9 Å². The standard InChI is InChI=1S/C15H12Cl6O6/c1-5(2)11(24)26-3-4-27-12(25)7-6(10(22)23)13(18)8(16)9(17)14(7,19)15(13,20)21/h6-7H,1,3-4H2,2H3,(H,22,23). The molecule has 0 aliphatic heterocycles. The number of alkyl halides is 4. The molecule has 1 fully saturated rings. The van der Waals surface area contributed by atoms with Crippen molar-refractivity contribution >= 4 is 87.5 Å². The van der Waals surface area contributed by atoms with Gasteiger partial charge in [0.2, 0.25) is 0 Å². The molecule has 0 radical (unpaired) electrons. The SMILES string of the molecule is C=C(C)C(=O)OCCOC(=O)C1C(C(=O)O)C2(Cl)C(Cl)=C(Cl)C1(Cl)C2(Cl)Cl. The lowest BCUT2D eigenvalue weighted by molar-refractivity contribution is -0.160. The van der Waals surface area contributed by atoms with Crippen molar-refractivity contribution in [3.8, 4) is 0 Å². The van der Waals surface area contributed by atoms with E-state index in [-0.39, 0.29) is 28.9 Å². The Morgan fingerprint density at radius 1 is 1.00 bits per heavy atom. The summed E-state index contributed by atoms with van der Waals surface area (Å²) in [6, 6.07) is 0. The van der Waals surface area contributed by atoms with Crippen molar-refractivity contribution in [3.05, 3.63) is 22.2 Å². The van der Waals surface area contributed by atoms with Gasteiger partial charge in [0.15, 0.2) is 4.33 Å². The Labute approximate surface area is 184 Å². The van der Waals surface area contributed by atoms with E-state index >= 15 is 0 Å².